The first-order valence-electron chi connectivity index (χ1n) is 6.68. The van der Waals surface area contributed by atoms with Crippen LogP contribution in [-0.4, -0.2) is 54.2 Å². The molecule has 0 radical (unpaired) electrons. The zero-order chi connectivity index (χ0) is 12.8. The van der Waals surface area contributed by atoms with Crippen LogP contribution in [-0.2, 0) is 6.54 Å². The van der Waals surface area contributed by atoms with E-state index in [-0.39, 0.29) is 6.61 Å². The van der Waals surface area contributed by atoms with E-state index in [0.717, 1.165) is 51.4 Å². The third-order valence-corrected chi connectivity index (χ3v) is 3.55. The van der Waals surface area contributed by atoms with Crippen LogP contribution in [0.5, 0.6) is 0 Å². The number of β-amino-alcohol motifs (C(OH)–C–C–N with tert-alkyl or cyclic N) is 1. The van der Waals surface area contributed by atoms with E-state index >= 15 is 0 Å². The van der Waals surface area contributed by atoms with Crippen molar-refractivity contribution in [2.45, 2.75) is 13.0 Å². The second-order valence-electron chi connectivity index (χ2n) is 4.89. The van der Waals surface area contributed by atoms with E-state index in [4.69, 9.17) is 10.8 Å². The van der Waals surface area contributed by atoms with Crippen molar-refractivity contribution in [3.63, 3.8) is 0 Å². The van der Waals surface area contributed by atoms with Gasteiger partial charge in [-0.15, -0.1) is 0 Å². The Kier molecular flexibility index (Phi) is 4.99. The highest BCUT2D eigenvalue weighted by molar-refractivity contribution is 5.46. The van der Waals surface area contributed by atoms with Gasteiger partial charge in [0.05, 0.1) is 6.61 Å². The molecule has 0 aliphatic carbocycles. The van der Waals surface area contributed by atoms with Gasteiger partial charge in [-0.2, -0.15) is 0 Å². The number of nitrogens with zero attached hydrogens (tertiary/aromatic N) is 2. The Morgan fingerprint density at radius 2 is 1.78 bits per heavy atom. The predicted molar refractivity (Wildman–Crippen MR) is 74.3 cm³/mol. The number of nitrogen functional groups attached to an aromatic ring is 1. The van der Waals surface area contributed by atoms with Gasteiger partial charge in [0.1, 0.15) is 0 Å². The number of benzene rings is 1. The molecule has 2 rings (SSSR count). The molecule has 1 saturated heterocycles. The molecular weight excluding hydrogens is 226 g/mol. The quantitative estimate of drug-likeness (QED) is 0.774. The van der Waals surface area contributed by atoms with E-state index in [2.05, 4.69) is 15.9 Å². The van der Waals surface area contributed by atoms with Crippen molar-refractivity contribution in [1.29, 1.82) is 0 Å². The van der Waals surface area contributed by atoms with Gasteiger partial charge in [0.15, 0.2) is 0 Å². The number of aliphatic hydroxyl groups excluding tert-OH is 1. The number of para-hydroxylation sites is 1. The number of hydrogen-bond donors (Lipinski definition) is 2. The van der Waals surface area contributed by atoms with Crippen molar-refractivity contribution in [3.05, 3.63) is 29.8 Å². The van der Waals surface area contributed by atoms with Crippen LogP contribution >= 0.6 is 0 Å². The van der Waals surface area contributed by atoms with Crippen LogP contribution in [0.1, 0.15) is 12.0 Å². The summed E-state index contributed by atoms with van der Waals surface area (Å²) in [4.78, 5) is 4.78. The molecule has 4 heteroatoms. The minimum atomic E-state index is 0.256. The van der Waals surface area contributed by atoms with Gasteiger partial charge in [-0.05, 0) is 31.1 Å². The Morgan fingerprint density at radius 3 is 2.56 bits per heavy atom. The third kappa shape index (κ3) is 3.70. The standard InChI is InChI=1S/C14H23N3O/c15-14-5-2-1-4-13(14)12-17-7-3-6-16(8-9-17)10-11-18/h1-2,4-5,18H,3,6-12,15H2. The van der Waals surface area contributed by atoms with Gasteiger partial charge in [-0.25, -0.2) is 0 Å². The van der Waals surface area contributed by atoms with Crippen molar-refractivity contribution in [2.75, 3.05) is 45.1 Å². The molecule has 1 aromatic rings. The monoisotopic (exact) mass is 249 g/mol. The van der Waals surface area contributed by atoms with Crippen molar-refractivity contribution in [3.8, 4) is 0 Å². The van der Waals surface area contributed by atoms with E-state index in [9.17, 15) is 0 Å². The molecule has 1 aliphatic heterocycles. The number of rotatable bonds is 4. The summed E-state index contributed by atoms with van der Waals surface area (Å²) in [5.41, 5.74) is 8.08. The largest absolute Gasteiger partial charge is 0.398 e. The first kappa shape index (κ1) is 13.3. The number of anilines is 1. The number of nitrogens with two attached hydrogens (primary N) is 1. The molecule has 4 nitrogen and oxygen atoms in total. The summed E-state index contributed by atoms with van der Waals surface area (Å²) in [7, 11) is 0. The van der Waals surface area contributed by atoms with E-state index in [1.165, 1.54) is 5.56 Å². The summed E-state index contributed by atoms with van der Waals surface area (Å²) in [5.74, 6) is 0. The second kappa shape index (κ2) is 6.73. The van der Waals surface area contributed by atoms with Crippen LogP contribution in [0, 0.1) is 0 Å². The Balaban J connectivity index is 1.89. The Morgan fingerprint density at radius 1 is 1.06 bits per heavy atom. The van der Waals surface area contributed by atoms with E-state index in [0.29, 0.717) is 0 Å². The summed E-state index contributed by atoms with van der Waals surface area (Å²) < 4.78 is 0. The molecule has 1 aromatic carbocycles. The SMILES string of the molecule is Nc1ccccc1CN1CCCN(CCO)CC1. The second-order valence-corrected chi connectivity index (χ2v) is 4.89. The highest BCUT2D eigenvalue weighted by Gasteiger charge is 2.14. The number of hydrogen-bond acceptors (Lipinski definition) is 4. The van der Waals surface area contributed by atoms with Gasteiger partial charge in [0, 0.05) is 31.9 Å². The Hall–Kier alpha value is -1.10. The van der Waals surface area contributed by atoms with Crippen LogP contribution in [0.15, 0.2) is 24.3 Å². The molecule has 1 fully saturated rings. The Labute approximate surface area is 109 Å². The van der Waals surface area contributed by atoms with Crippen molar-refractivity contribution >= 4 is 5.69 Å². The van der Waals surface area contributed by atoms with Crippen molar-refractivity contribution in [1.82, 2.24) is 9.80 Å². The smallest absolute Gasteiger partial charge is 0.0558 e. The average molecular weight is 249 g/mol. The molecule has 0 amide bonds. The van der Waals surface area contributed by atoms with Crippen LogP contribution < -0.4 is 5.73 Å². The van der Waals surface area contributed by atoms with Gasteiger partial charge in [-0.3, -0.25) is 9.80 Å². The fourth-order valence-electron chi connectivity index (χ4n) is 2.47. The zero-order valence-electron chi connectivity index (χ0n) is 10.9. The molecule has 18 heavy (non-hydrogen) atoms. The normalized spacial score (nSPS) is 18.7. The lowest BCUT2D eigenvalue weighted by molar-refractivity contribution is 0.196. The molecule has 1 heterocycles. The lowest BCUT2D eigenvalue weighted by Gasteiger charge is -2.21. The first-order chi connectivity index (χ1) is 8.79. The Bertz CT molecular complexity index is 370. The topological polar surface area (TPSA) is 52.7 Å². The van der Waals surface area contributed by atoms with Crippen LogP contribution in [0.25, 0.3) is 0 Å². The molecular formula is C14H23N3O. The molecule has 0 bridgehead atoms. The maximum absolute atomic E-state index is 8.98. The predicted octanol–water partition coefficient (Wildman–Crippen LogP) is 0.769. The van der Waals surface area contributed by atoms with Gasteiger partial charge >= 0.3 is 0 Å². The van der Waals surface area contributed by atoms with E-state index < -0.39 is 0 Å². The van der Waals surface area contributed by atoms with Crippen molar-refractivity contribution < 1.29 is 5.11 Å². The fraction of sp³-hybridized carbons (Fsp3) is 0.571. The lowest BCUT2D eigenvalue weighted by Crippen LogP contribution is -2.32. The number of aliphatic hydroxyl groups is 1. The molecule has 0 saturated carbocycles. The molecule has 0 spiro atoms. The summed E-state index contributed by atoms with van der Waals surface area (Å²) in [6.07, 6.45) is 1.16. The lowest BCUT2D eigenvalue weighted by atomic mass is 10.1. The first-order valence-corrected chi connectivity index (χ1v) is 6.68. The molecule has 100 valence electrons. The van der Waals surface area contributed by atoms with Crippen molar-refractivity contribution in [2.24, 2.45) is 0 Å². The minimum absolute atomic E-state index is 0.256. The van der Waals surface area contributed by atoms with E-state index in [1.54, 1.807) is 0 Å². The molecule has 0 atom stereocenters. The summed E-state index contributed by atoms with van der Waals surface area (Å²) >= 11 is 0. The highest BCUT2D eigenvalue weighted by Crippen LogP contribution is 2.14. The maximum atomic E-state index is 8.98. The van der Waals surface area contributed by atoms with Gasteiger partial charge in [-0.1, -0.05) is 18.2 Å². The molecule has 0 unspecified atom stereocenters. The zero-order valence-corrected chi connectivity index (χ0v) is 10.9. The maximum Gasteiger partial charge on any atom is 0.0558 e. The molecule has 3 N–H and O–H groups in total. The summed E-state index contributed by atoms with van der Waals surface area (Å²) in [6, 6.07) is 8.09. The van der Waals surface area contributed by atoms with Gasteiger partial charge in [0.25, 0.3) is 0 Å². The summed E-state index contributed by atoms with van der Waals surface area (Å²) in [5, 5.41) is 8.98. The van der Waals surface area contributed by atoms with Crippen LogP contribution in [0.3, 0.4) is 0 Å². The van der Waals surface area contributed by atoms with Crippen LogP contribution in [0.2, 0.25) is 0 Å². The average Bonchev–Trinajstić information content (AvgIpc) is 2.59. The minimum Gasteiger partial charge on any atom is -0.398 e. The van der Waals surface area contributed by atoms with E-state index in [1.807, 2.05) is 18.2 Å². The van der Waals surface area contributed by atoms with Gasteiger partial charge < -0.3 is 10.8 Å². The molecule has 1 aliphatic rings. The summed E-state index contributed by atoms with van der Waals surface area (Å²) in [6.45, 7) is 6.26. The highest BCUT2D eigenvalue weighted by atomic mass is 16.3. The van der Waals surface area contributed by atoms with Crippen LogP contribution in [0.4, 0.5) is 5.69 Å². The fourth-order valence-corrected chi connectivity index (χ4v) is 2.47. The molecule has 0 aromatic heterocycles. The van der Waals surface area contributed by atoms with Gasteiger partial charge in [0.2, 0.25) is 0 Å². The third-order valence-electron chi connectivity index (χ3n) is 3.55.